The minimum Gasteiger partial charge on any atom is -0.477 e. The Hall–Kier alpha value is -3.63. The number of hydrogen-bond donors (Lipinski definition) is 4. The number of oxime groups is 1. The number of carboxylic acid groups (broad SMARTS) is 2. The molecule has 2 aliphatic heterocycles. The second-order valence-corrected chi connectivity index (χ2v) is 10.7. The fourth-order valence-corrected chi connectivity index (χ4v) is 6.58. The van der Waals surface area contributed by atoms with E-state index in [0.717, 1.165) is 16.2 Å². The third-order valence-electron chi connectivity index (χ3n) is 5.29. The zero-order valence-corrected chi connectivity index (χ0v) is 21.6. The highest BCUT2D eigenvalue weighted by Gasteiger charge is 2.54. The zero-order valence-electron chi connectivity index (χ0n) is 19.2. The molecule has 0 bridgehead atoms. The first-order valence-electron chi connectivity index (χ1n) is 10.6. The highest BCUT2D eigenvalue weighted by atomic mass is 32.2. The Morgan fingerprint density at radius 2 is 2.08 bits per heavy atom. The van der Waals surface area contributed by atoms with Crippen LogP contribution in [0.4, 0.5) is 5.13 Å². The zero-order chi connectivity index (χ0) is 26.7. The lowest BCUT2D eigenvalue weighted by Gasteiger charge is -2.49. The number of rotatable bonds is 10. The van der Waals surface area contributed by atoms with Crippen molar-refractivity contribution in [3.8, 4) is 0 Å². The molecule has 2 amide bonds. The van der Waals surface area contributed by atoms with Gasteiger partial charge in [0.2, 0.25) is 6.54 Å². The van der Waals surface area contributed by atoms with Crippen LogP contribution < -0.4 is 15.6 Å². The van der Waals surface area contributed by atoms with Gasteiger partial charge in [-0.25, -0.2) is 14.6 Å². The molecule has 2 aromatic rings. The van der Waals surface area contributed by atoms with Crippen LogP contribution in [0, 0.1) is 0 Å². The molecule has 4 heterocycles. The van der Waals surface area contributed by atoms with Crippen molar-refractivity contribution in [1.29, 1.82) is 0 Å². The summed E-state index contributed by atoms with van der Waals surface area (Å²) < 4.78 is 1.51. The number of thioether (sulfide) groups is 2. The first kappa shape index (κ1) is 26.4. The van der Waals surface area contributed by atoms with Gasteiger partial charge in [0.05, 0.1) is 0 Å². The maximum Gasteiger partial charge on any atom is 0.370 e. The van der Waals surface area contributed by atoms with Gasteiger partial charge in [0.15, 0.2) is 23.2 Å². The topological polar surface area (TPSA) is 188 Å². The number of carbonyl (C=O) groups is 4. The van der Waals surface area contributed by atoms with Crippen molar-refractivity contribution in [2.45, 2.75) is 22.9 Å². The van der Waals surface area contributed by atoms with Gasteiger partial charge in [0.1, 0.15) is 29.9 Å². The molecule has 5 N–H and O–H groups in total. The summed E-state index contributed by atoms with van der Waals surface area (Å²) in [6.07, 6.45) is 3.25. The average Bonchev–Trinajstić information content (AvgIpc) is 3.29. The maximum atomic E-state index is 13.0. The monoisotopic (exact) mass is 565 g/mol. The molecule has 2 atom stereocenters. The van der Waals surface area contributed by atoms with E-state index in [1.807, 2.05) is 0 Å². The summed E-state index contributed by atoms with van der Waals surface area (Å²) in [4.78, 5) is 59.5. The van der Waals surface area contributed by atoms with Gasteiger partial charge >= 0.3 is 11.9 Å². The quantitative estimate of drug-likeness (QED) is 0.0996. The largest absolute Gasteiger partial charge is 0.477 e. The number of β-lactam (4-membered cyclic amide) rings is 1. The lowest BCUT2D eigenvalue weighted by molar-refractivity contribution is -0.686. The van der Waals surface area contributed by atoms with E-state index in [0.29, 0.717) is 17.1 Å². The van der Waals surface area contributed by atoms with Gasteiger partial charge in [-0.3, -0.25) is 14.5 Å². The minimum absolute atomic E-state index is 0.0957. The van der Waals surface area contributed by atoms with Crippen molar-refractivity contribution >= 4 is 69.5 Å². The Balaban J connectivity index is 1.45. The number of nitrogens with zero attached hydrogens (tertiary/aromatic N) is 4. The molecule has 0 saturated carbocycles. The van der Waals surface area contributed by atoms with Crippen molar-refractivity contribution in [3.05, 3.63) is 46.9 Å². The Morgan fingerprint density at radius 1 is 1.35 bits per heavy atom. The number of pyridine rings is 1. The van der Waals surface area contributed by atoms with Crippen LogP contribution >= 0.6 is 34.9 Å². The third kappa shape index (κ3) is 5.70. The number of thiazole rings is 1. The van der Waals surface area contributed by atoms with Gasteiger partial charge < -0.3 is 26.1 Å². The molecule has 1 saturated heterocycles. The Morgan fingerprint density at radius 3 is 2.68 bits per heavy atom. The van der Waals surface area contributed by atoms with E-state index in [-0.39, 0.29) is 28.8 Å². The standard InChI is InChI=1S/C21H20N6O7S3/c1-34-25-14(12-9-37-21(22)23-12)17(30)24-15-18(31)27-16(20(32)33)10(8-36-19(15)27)7-35-11-2-4-26(5-3-11)6-13(28)29/h2-5,9,15,19H,6-8H2,1H3,(H4-,22,23,24,28,29,30,32,33)/p+1/t15-,19-/m1/s1. The minimum atomic E-state index is -1.23. The number of hydrogen-bond acceptors (Lipinski definition) is 11. The number of aromatic nitrogens is 2. The summed E-state index contributed by atoms with van der Waals surface area (Å²) in [5.74, 6) is -2.76. The molecule has 2 aliphatic rings. The highest BCUT2D eigenvalue weighted by Crippen LogP contribution is 2.41. The predicted octanol–water partition coefficient (Wildman–Crippen LogP) is -0.0212. The van der Waals surface area contributed by atoms with Crippen LogP contribution in [0.3, 0.4) is 0 Å². The SMILES string of the molecule is CON=C(C(=O)N[C@@H]1C(=O)N2C(C(=O)O)=C(CSc3cc[n+](CC(=O)O)cc3)CS[C@H]12)c1csc(N)n1. The summed E-state index contributed by atoms with van der Waals surface area (Å²) in [6, 6.07) is 2.53. The molecule has 16 heteroatoms. The number of nitrogens with two attached hydrogens (primary N) is 1. The van der Waals surface area contributed by atoms with Crippen LogP contribution in [-0.4, -0.2) is 79.6 Å². The summed E-state index contributed by atoms with van der Waals surface area (Å²) in [5, 5.41) is 26.2. The number of carbonyl (C=O) groups excluding carboxylic acids is 2. The summed E-state index contributed by atoms with van der Waals surface area (Å²) in [5.41, 5.74) is 6.15. The van der Waals surface area contributed by atoms with Crippen molar-refractivity contribution < 1.29 is 38.8 Å². The Bertz CT molecular complexity index is 1310. The molecule has 0 radical (unpaired) electrons. The molecular weight excluding hydrogens is 544 g/mol. The van der Waals surface area contributed by atoms with Crippen molar-refractivity contribution in [2.24, 2.45) is 5.16 Å². The van der Waals surface area contributed by atoms with E-state index in [4.69, 9.17) is 15.7 Å². The Kier molecular flexibility index (Phi) is 7.99. The van der Waals surface area contributed by atoms with Crippen molar-refractivity contribution in [3.63, 3.8) is 0 Å². The second-order valence-electron chi connectivity index (χ2n) is 7.70. The van der Waals surface area contributed by atoms with Crippen LogP contribution in [-0.2, 0) is 30.6 Å². The highest BCUT2D eigenvalue weighted by molar-refractivity contribution is 8.01. The molecule has 0 aromatic carbocycles. The van der Waals surface area contributed by atoms with Crippen LogP contribution in [0.1, 0.15) is 5.69 Å². The van der Waals surface area contributed by atoms with E-state index >= 15 is 0 Å². The lowest BCUT2D eigenvalue weighted by Crippen LogP contribution is -2.71. The first-order valence-corrected chi connectivity index (χ1v) is 13.5. The molecule has 0 spiro atoms. The number of fused-ring (bicyclic) bond motifs is 1. The number of aliphatic carboxylic acids is 2. The molecule has 0 aliphatic carbocycles. The maximum absolute atomic E-state index is 13.0. The first-order chi connectivity index (χ1) is 17.7. The van der Waals surface area contributed by atoms with Crippen LogP contribution in [0.5, 0.6) is 0 Å². The van der Waals surface area contributed by atoms with E-state index < -0.39 is 35.2 Å². The number of nitrogen functional groups attached to an aromatic ring is 1. The van der Waals surface area contributed by atoms with Gasteiger partial charge in [-0.1, -0.05) is 5.16 Å². The molecule has 37 heavy (non-hydrogen) atoms. The molecule has 4 rings (SSSR count). The van der Waals surface area contributed by atoms with E-state index in [1.165, 1.54) is 45.5 Å². The number of nitrogens with one attached hydrogen (secondary N) is 1. The lowest BCUT2D eigenvalue weighted by atomic mass is 10.0. The van der Waals surface area contributed by atoms with Crippen LogP contribution in [0.25, 0.3) is 0 Å². The average molecular weight is 566 g/mol. The summed E-state index contributed by atoms with van der Waals surface area (Å²) in [6.45, 7) is -0.164. The van der Waals surface area contributed by atoms with Crippen molar-refractivity contribution in [1.82, 2.24) is 15.2 Å². The molecular formula is C21H21N6O7S3+. The van der Waals surface area contributed by atoms with Gasteiger partial charge in [-0.15, -0.1) is 34.9 Å². The third-order valence-corrected chi connectivity index (χ3v) is 8.40. The second kappa shape index (κ2) is 11.2. The molecule has 0 unspecified atom stereocenters. The van der Waals surface area contributed by atoms with Crippen LogP contribution in [0.15, 0.2) is 51.2 Å². The number of amides is 2. The number of carboxylic acids is 2. The molecule has 1 fully saturated rings. The molecule has 2 aromatic heterocycles. The van der Waals surface area contributed by atoms with E-state index in [9.17, 15) is 24.3 Å². The molecule has 194 valence electrons. The van der Waals surface area contributed by atoms with Gasteiger partial charge in [-0.05, 0) is 5.57 Å². The molecule has 13 nitrogen and oxygen atoms in total. The fraction of sp³-hybridized carbons (Fsp3) is 0.286. The smallest absolute Gasteiger partial charge is 0.370 e. The van der Waals surface area contributed by atoms with E-state index in [2.05, 4.69) is 15.5 Å². The summed E-state index contributed by atoms with van der Waals surface area (Å²) in [7, 11) is 1.27. The normalized spacial score (nSPS) is 19.2. The van der Waals surface area contributed by atoms with Gasteiger partial charge in [-0.2, -0.15) is 4.57 Å². The summed E-state index contributed by atoms with van der Waals surface area (Å²) >= 11 is 3.84. The van der Waals surface area contributed by atoms with E-state index in [1.54, 1.807) is 24.5 Å². The van der Waals surface area contributed by atoms with Crippen LogP contribution in [0.2, 0.25) is 0 Å². The number of anilines is 1. The Labute approximate surface area is 222 Å². The fourth-order valence-electron chi connectivity index (χ4n) is 3.67. The van der Waals surface area contributed by atoms with Gasteiger partial charge in [0, 0.05) is 33.9 Å². The van der Waals surface area contributed by atoms with Crippen molar-refractivity contribution in [2.75, 3.05) is 24.3 Å². The van der Waals surface area contributed by atoms with Gasteiger partial charge in [0.25, 0.3) is 11.8 Å². The predicted molar refractivity (Wildman–Crippen MR) is 135 cm³/mol.